The van der Waals surface area contributed by atoms with Crippen LogP contribution in [0.15, 0.2) is 54.0 Å². The van der Waals surface area contributed by atoms with E-state index in [2.05, 4.69) is 58.0 Å². The predicted molar refractivity (Wildman–Crippen MR) is 92.2 cm³/mol. The SMILES string of the molecule is O=C(N=NCc1cc(Br)c(O)c(Br)c1O)c1cccc(Br)c1. The van der Waals surface area contributed by atoms with Gasteiger partial charge < -0.3 is 10.2 Å². The summed E-state index contributed by atoms with van der Waals surface area (Å²) >= 11 is 9.51. The molecule has 1 amide bonds. The smallest absolute Gasteiger partial charge is 0.295 e. The van der Waals surface area contributed by atoms with Crippen LogP contribution in [0.2, 0.25) is 0 Å². The third kappa shape index (κ3) is 3.93. The molecule has 0 saturated heterocycles. The molecule has 2 aromatic rings. The van der Waals surface area contributed by atoms with Crippen molar-refractivity contribution in [3.05, 3.63) is 54.9 Å². The minimum Gasteiger partial charge on any atom is -0.506 e. The molecule has 0 bridgehead atoms. The number of phenols is 2. The topological polar surface area (TPSA) is 82.2 Å². The van der Waals surface area contributed by atoms with Gasteiger partial charge in [0.1, 0.15) is 16.0 Å². The Kier molecular flexibility index (Phi) is 5.71. The summed E-state index contributed by atoms with van der Waals surface area (Å²) in [5.74, 6) is -0.726. The zero-order valence-corrected chi connectivity index (χ0v) is 15.7. The van der Waals surface area contributed by atoms with E-state index >= 15 is 0 Å². The van der Waals surface area contributed by atoms with Gasteiger partial charge in [-0.25, -0.2) is 0 Å². The van der Waals surface area contributed by atoms with Gasteiger partial charge in [0, 0.05) is 15.6 Å². The summed E-state index contributed by atoms with van der Waals surface area (Å²) in [6.45, 7) is 0.00303. The second-order valence-corrected chi connectivity index (χ2v) is 6.81. The quantitative estimate of drug-likeness (QED) is 0.579. The molecule has 0 atom stereocenters. The molecule has 0 aliphatic rings. The first-order valence-electron chi connectivity index (χ1n) is 5.96. The van der Waals surface area contributed by atoms with E-state index in [0.29, 0.717) is 15.6 Å². The van der Waals surface area contributed by atoms with Gasteiger partial charge in [0.15, 0.2) is 0 Å². The molecule has 0 aromatic heterocycles. The second kappa shape index (κ2) is 7.34. The minimum atomic E-state index is -0.474. The molecule has 2 N–H and O–H groups in total. The highest BCUT2D eigenvalue weighted by Crippen LogP contribution is 2.41. The summed E-state index contributed by atoms with van der Waals surface area (Å²) in [7, 11) is 0. The van der Waals surface area contributed by atoms with Gasteiger partial charge in [0.25, 0.3) is 5.91 Å². The van der Waals surface area contributed by atoms with E-state index in [9.17, 15) is 15.0 Å². The van der Waals surface area contributed by atoms with Crippen molar-refractivity contribution >= 4 is 53.7 Å². The third-order valence-electron chi connectivity index (χ3n) is 2.72. The lowest BCUT2D eigenvalue weighted by atomic mass is 10.2. The maximum Gasteiger partial charge on any atom is 0.295 e. The summed E-state index contributed by atoms with van der Waals surface area (Å²) in [5, 5.41) is 26.9. The number of carbonyl (C=O) groups is 1. The molecule has 2 rings (SSSR count). The van der Waals surface area contributed by atoms with Crippen molar-refractivity contribution in [3.8, 4) is 11.5 Å². The van der Waals surface area contributed by atoms with Gasteiger partial charge in [-0.1, -0.05) is 22.0 Å². The number of hydrogen-bond donors (Lipinski definition) is 2. The maximum atomic E-state index is 11.9. The largest absolute Gasteiger partial charge is 0.506 e. The average molecular weight is 493 g/mol. The van der Waals surface area contributed by atoms with Gasteiger partial charge in [-0.15, -0.1) is 5.11 Å². The molecule has 22 heavy (non-hydrogen) atoms. The van der Waals surface area contributed by atoms with E-state index < -0.39 is 5.91 Å². The molecule has 0 fully saturated rings. The fraction of sp³-hybridized carbons (Fsp3) is 0.0714. The molecular weight excluding hydrogens is 484 g/mol. The fourth-order valence-electron chi connectivity index (χ4n) is 1.62. The van der Waals surface area contributed by atoms with Crippen LogP contribution < -0.4 is 0 Å². The van der Waals surface area contributed by atoms with Gasteiger partial charge >= 0.3 is 0 Å². The lowest BCUT2D eigenvalue weighted by Crippen LogP contribution is -1.94. The van der Waals surface area contributed by atoms with Crippen molar-refractivity contribution in [1.82, 2.24) is 0 Å². The van der Waals surface area contributed by atoms with Crippen molar-refractivity contribution in [2.24, 2.45) is 10.2 Å². The van der Waals surface area contributed by atoms with Gasteiger partial charge in [-0.3, -0.25) is 4.79 Å². The second-order valence-electron chi connectivity index (χ2n) is 4.24. The molecule has 0 radical (unpaired) electrons. The molecule has 114 valence electrons. The van der Waals surface area contributed by atoms with E-state index in [1.807, 2.05) is 0 Å². The molecule has 5 nitrogen and oxygen atoms in total. The van der Waals surface area contributed by atoms with Gasteiger partial charge in [0.2, 0.25) is 0 Å². The first-order chi connectivity index (χ1) is 10.4. The number of benzene rings is 2. The predicted octanol–water partition coefficient (Wildman–Crippen LogP) is 5.18. The molecule has 0 aliphatic carbocycles. The van der Waals surface area contributed by atoms with E-state index in [1.54, 1.807) is 24.3 Å². The Morgan fingerprint density at radius 2 is 1.82 bits per heavy atom. The fourth-order valence-corrected chi connectivity index (χ4v) is 3.23. The highest BCUT2D eigenvalue weighted by atomic mass is 79.9. The molecular formula is C14H9Br3N2O3. The Hall–Kier alpha value is -1.25. The summed E-state index contributed by atoms with van der Waals surface area (Å²) in [5.41, 5.74) is 0.831. The number of hydrogen-bond acceptors (Lipinski definition) is 4. The number of phenolic OH excluding ortho intramolecular Hbond substituents is 2. The Balaban J connectivity index is 2.15. The van der Waals surface area contributed by atoms with Gasteiger partial charge in [-0.2, -0.15) is 5.11 Å². The number of halogens is 3. The maximum absolute atomic E-state index is 11.9. The average Bonchev–Trinajstić information content (AvgIpc) is 2.50. The molecule has 2 aromatic carbocycles. The summed E-state index contributed by atoms with van der Waals surface area (Å²) in [6.07, 6.45) is 0. The lowest BCUT2D eigenvalue weighted by Gasteiger charge is -2.07. The third-order valence-corrected chi connectivity index (χ3v) is 4.57. The van der Waals surface area contributed by atoms with Crippen LogP contribution in [0.1, 0.15) is 15.9 Å². The first kappa shape index (κ1) is 17.1. The van der Waals surface area contributed by atoms with Crippen molar-refractivity contribution in [1.29, 1.82) is 0 Å². The van der Waals surface area contributed by atoms with E-state index in [0.717, 1.165) is 4.47 Å². The number of azo groups is 1. The Bertz CT molecular complexity index is 763. The van der Waals surface area contributed by atoms with Crippen LogP contribution in [0.4, 0.5) is 0 Å². The molecule has 0 saturated carbocycles. The molecule has 0 aliphatic heterocycles. The van der Waals surface area contributed by atoms with Crippen LogP contribution >= 0.6 is 47.8 Å². The van der Waals surface area contributed by atoms with Crippen molar-refractivity contribution < 1.29 is 15.0 Å². The summed E-state index contributed by atoms with van der Waals surface area (Å²) in [6, 6.07) is 8.33. The Morgan fingerprint density at radius 1 is 1.09 bits per heavy atom. The number of amides is 1. The zero-order valence-electron chi connectivity index (χ0n) is 10.9. The number of rotatable bonds is 3. The van der Waals surface area contributed by atoms with Crippen LogP contribution in [-0.4, -0.2) is 16.1 Å². The van der Waals surface area contributed by atoms with Crippen LogP contribution in [0, 0.1) is 0 Å². The van der Waals surface area contributed by atoms with Crippen LogP contribution in [0.3, 0.4) is 0 Å². The van der Waals surface area contributed by atoms with E-state index in [4.69, 9.17) is 0 Å². The van der Waals surface area contributed by atoms with Crippen molar-refractivity contribution in [2.45, 2.75) is 6.54 Å². The number of carbonyl (C=O) groups excluding carboxylic acids is 1. The van der Waals surface area contributed by atoms with Crippen LogP contribution in [0.25, 0.3) is 0 Å². The van der Waals surface area contributed by atoms with Gasteiger partial charge in [0.05, 0.1) is 11.0 Å². The normalized spacial score (nSPS) is 11.0. The van der Waals surface area contributed by atoms with E-state index in [-0.39, 0.29) is 22.5 Å². The molecule has 0 unspecified atom stereocenters. The highest BCUT2D eigenvalue weighted by molar-refractivity contribution is 9.11. The number of nitrogens with zero attached hydrogens (tertiary/aromatic N) is 2. The van der Waals surface area contributed by atoms with E-state index in [1.165, 1.54) is 6.07 Å². The number of aromatic hydroxyl groups is 2. The highest BCUT2D eigenvalue weighted by Gasteiger charge is 2.13. The minimum absolute atomic E-state index is 0.00303. The van der Waals surface area contributed by atoms with Gasteiger partial charge in [-0.05, 0) is 56.1 Å². The monoisotopic (exact) mass is 490 g/mol. The molecule has 0 heterocycles. The lowest BCUT2D eigenvalue weighted by molar-refractivity contribution is 0.0993. The Labute approximate surface area is 151 Å². The first-order valence-corrected chi connectivity index (χ1v) is 8.34. The Morgan fingerprint density at radius 3 is 2.50 bits per heavy atom. The summed E-state index contributed by atoms with van der Waals surface area (Å²) in [4.78, 5) is 11.9. The summed E-state index contributed by atoms with van der Waals surface area (Å²) < 4.78 is 1.34. The van der Waals surface area contributed by atoms with Crippen LogP contribution in [0.5, 0.6) is 11.5 Å². The molecule has 0 spiro atoms. The standard InChI is InChI=1S/C14H9Br3N2O3/c15-9-3-1-2-7(4-9)14(22)19-18-6-8-5-10(16)13(21)11(17)12(8)20/h1-5,20-21H,6H2. The zero-order chi connectivity index (χ0) is 16.3. The van der Waals surface area contributed by atoms with Crippen molar-refractivity contribution in [3.63, 3.8) is 0 Å². The molecule has 8 heteroatoms. The van der Waals surface area contributed by atoms with Crippen LogP contribution in [-0.2, 0) is 6.54 Å². The van der Waals surface area contributed by atoms with Crippen molar-refractivity contribution in [2.75, 3.05) is 0 Å².